The molecule has 0 unspecified atom stereocenters. The van der Waals surface area contributed by atoms with Crippen molar-refractivity contribution in [2.75, 3.05) is 29.9 Å². The van der Waals surface area contributed by atoms with E-state index in [4.69, 9.17) is 0 Å². The summed E-state index contributed by atoms with van der Waals surface area (Å²) in [4.78, 5) is 31.1. The predicted molar refractivity (Wildman–Crippen MR) is 123 cm³/mol. The van der Waals surface area contributed by atoms with Gasteiger partial charge in [-0.15, -0.1) is 23.1 Å². The molecule has 0 aliphatic carbocycles. The minimum Gasteiger partial charge on any atom is -0.341 e. The fourth-order valence-corrected chi connectivity index (χ4v) is 5.16. The Bertz CT molecular complexity index is 871. The maximum absolute atomic E-state index is 12.4. The normalized spacial score (nSPS) is 19.2. The standard InChI is InChI=1S/C22H29N3O2S2/c1-14-7-15(2)10-25(9-14)21(27)13-28-12-20(26)24-22-23-19(11-29-22)18-6-5-16(3)17(4)8-18/h5-6,8,11,14-15H,7,9-10,12-13H2,1-4H3,(H,23,24,26)/t14-,15-/m1/s1. The van der Waals surface area contributed by atoms with Crippen LogP contribution in [0.4, 0.5) is 5.13 Å². The lowest BCUT2D eigenvalue weighted by Crippen LogP contribution is -2.43. The van der Waals surface area contributed by atoms with Gasteiger partial charge >= 0.3 is 0 Å². The van der Waals surface area contributed by atoms with Gasteiger partial charge in [-0.1, -0.05) is 26.0 Å². The van der Waals surface area contributed by atoms with Crippen LogP contribution in [0.2, 0.25) is 0 Å². The summed E-state index contributed by atoms with van der Waals surface area (Å²) in [7, 11) is 0. The van der Waals surface area contributed by atoms with Crippen molar-refractivity contribution in [2.45, 2.75) is 34.1 Å². The molecular formula is C22H29N3O2S2. The molecule has 1 aromatic carbocycles. The van der Waals surface area contributed by atoms with Crippen LogP contribution in [-0.2, 0) is 9.59 Å². The second kappa shape index (κ2) is 9.76. The maximum atomic E-state index is 12.4. The van der Waals surface area contributed by atoms with E-state index in [1.165, 1.54) is 40.6 Å². The number of carbonyl (C=O) groups is 2. The zero-order valence-corrected chi connectivity index (χ0v) is 19.2. The zero-order chi connectivity index (χ0) is 21.0. The topological polar surface area (TPSA) is 62.3 Å². The van der Waals surface area contributed by atoms with Crippen LogP contribution in [0.5, 0.6) is 0 Å². The highest BCUT2D eigenvalue weighted by Gasteiger charge is 2.25. The van der Waals surface area contributed by atoms with Crippen molar-refractivity contribution in [3.8, 4) is 11.3 Å². The van der Waals surface area contributed by atoms with Crippen molar-refractivity contribution in [3.05, 3.63) is 34.7 Å². The van der Waals surface area contributed by atoms with Crippen molar-refractivity contribution >= 4 is 40.0 Å². The molecule has 156 valence electrons. The van der Waals surface area contributed by atoms with Crippen LogP contribution in [0, 0.1) is 25.7 Å². The van der Waals surface area contributed by atoms with Crippen molar-refractivity contribution in [2.24, 2.45) is 11.8 Å². The molecule has 7 heteroatoms. The van der Waals surface area contributed by atoms with E-state index in [0.29, 0.717) is 22.7 Å². The molecule has 29 heavy (non-hydrogen) atoms. The van der Waals surface area contributed by atoms with Crippen molar-refractivity contribution < 1.29 is 9.59 Å². The Morgan fingerprint density at radius 3 is 2.59 bits per heavy atom. The Balaban J connectivity index is 1.46. The number of carbonyl (C=O) groups excluding carboxylic acids is 2. The number of likely N-dealkylation sites (tertiary alicyclic amines) is 1. The van der Waals surface area contributed by atoms with E-state index in [0.717, 1.165) is 24.3 Å². The number of aromatic nitrogens is 1. The summed E-state index contributed by atoms with van der Waals surface area (Å²) in [6, 6.07) is 6.24. The first-order valence-corrected chi connectivity index (χ1v) is 12.0. The van der Waals surface area contributed by atoms with Crippen molar-refractivity contribution in [3.63, 3.8) is 0 Å². The van der Waals surface area contributed by atoms with E-state index in [1.54, 1.807) is 0 Å². The molecular weight excluding hydrogens is 402 g/mol. The highest BCUT2D eigenvalue weighted by atomic mass is 32.2. The van der Waals surface area contributed by atoms with E-state index in [9.17, 15) is 9.59 Å². The number of hydrogen-bond acceptors (Lipinski definition) is 5. The average molecular weight is 432 g/mol. The molecule has 2 atom stereocenters. The number of amides is 2. The van der Waals surface area contributed by atoms with Gasteiger partial charge in [-0.2, -0.15) is 0 Å². The van der Waals surface area contributed by atoms with Gasteiger partial charge in [0.15, 0.2) is 5.13 Å². The summed E-state index contributed by atoms with van der Waals surface area (Å²) in [5, 5.41) is 5.39. The van der Waals surface area contributed by atoms with Gasteiger partial charge in [-0.3, -0.25) is 9.59 Å². The Kier molecular flexibility index (Phi) is 7.35. The Morgan fingerprint density at radius 2 is 1.90 bits per heavy atom. The van der Waals surface area contributed by atoms with Gasteiger partial charge < -0.3 is 10.2 Å². The van der Waals surface area contributed by atoms with Crippen LogP contribution in [0.1, 0.15) is 31.4 Å². The molecule has 1 N–H and O–H groups in total. The van der Waals surface area contributed by atoms with Gasteiger partial charge in [0.05, 0.1) is 17.2 Å². The molecule has 2 heterocycles. The second-order valence-electron chi connectivity index (χ2n) is 8.12. The summed E-state index contributed by atoms with van der Waals surface area (Å²) in [6.07, 6.45) is 1.18. The number of hydrogen-bond donors (Lipinski definition) is 1. The van der Waals surface area contributed by atoms with E-state index in [2.05, 4.69) is 50.1 Å². The molecule has 2 aromatic rings. The largest absolute Gasteiger partial charge is 0.341 e. The van der Waals surface area contributed by atoms with Gasteiger partial charge in [0.1, 0.15) is 0 Å². The molecule has 1 saturated heterocycles. The fraction of sp³-hybridized carbons (Fsp3) is 0.500. The molecule has 0 radical (unpaired) electrons. The lowest BCUT2D eigenvalue weighted by molar-refractivity contribution is -0.130. The third-order valence-corrected chi connectivity index (χ3v) is 6.91. The molecule has 5 nitrogen and oxygen atoms in total. The summed E-state index contributed by atoms with van der Waals surface area (Å²) in [5.74, 6) is 1.71. The number of benzene rings is 1. The average Bonchev–Trinajstić information content (AvgIpc) is 3.11. The van der Waals surface area contributed by atoms with Crippen LogP contribution in [-0.4, -0.2) is 46.3 Å². The summed E-state index contributed by atoms with van der Waals surface area (Å²) in [6.45, 7) is 10.2. The first-order valence-electron chi connectivity index (χ1n) is 10.0. The van der Waals surface area contributed by atoms with Gasteiger partial charge in [-0.25, -0.2) is 4.98 Å². The number of thioether (sulfide) groups is 1. The monoisotopic (exact) mass is 431 g/mol. The van der Waals surface area contributed by atoms with Crippen LogP contribution >= 0.6 is 23.1 Å². The van der Waals surface area contributed by atoms with Crippen molar-refractivity contribution in [1.82, 2.24) is 9.88 Å². The number of thiazole rings is 1. The predicted octanol–water partition coefficient (Wildman–Crippen LogP) is 4.60. The van der Waals surface area contributed by atoms with Gasteiger partial charge in [0, 0.05) is 24.0 Å². The Hall–Kier alpha value is -1.86. The van der Waals surface area contributed by atoms with Gasteiger partial charge in [0.2, 0.25) is 11.8 Å². The van der Waals surface area contributed by atoms with Crippen LogP contribution in [0.15, 0.2) is 23.6 Å². The van der Waals surface area contributed by atoms with Crippen LogP contribution < -0.4 is 5.32 Å². The minimum atomic E-state index is -0.121. The number of anilines is 1. The molecule has 2 amide bonds. The summed E-state index contributed by atoms with van der Waals surface area (Å²) in [5.41, 5.74) is 4.39. The highest BCUT2D eigenvalue weighted by Crippen LogP contribution is 2.26. The first-order chi connectivity index (χ1) is 13.8. The van der Waals surface area contributed by atoms with E-state index < -0.39 is 0 Å². The number of nitrogens with one attached hydrogen (secondary N) is 1. The zero-order valence-electron chi connectivity index (χ0n) is 17.5. The lowest BCUT2D eigenvalue weighted by Gasteiger charge is -2.35. The van der Waals surface area contributed by atoms with Gasteiger partial charge in [0.25, 0.3) is 0 Å². The SMILES string of the molecule is Cc1ccc(-c2csc(NC(=O)CSCC(=O)N3C[C@H](C)C[C@@H](C)C3)n2)cc1C. The summed E-state index contributed by atoms with van der Waals surface area (Å²) < 4.78 is 0. The third-order valence-electron chi connectivity index (χ3n) is 5.23. The summed E-state index contributed by atoms with van der Waals surface area (Å²) >= 11 is 2.78. The number of aryl methyl sites for hydroxylation is 2. The molecule has 3 rings (SSSR count). The highest BCUT2D eigenvalue weighted by molar-refractivity contribution is 8.00. The second-order valence-corrected chi connectivity index (χ2v) is 9.97. The minimum absolute atomic E-state index is 0.121. The Labute approximate surface area is 181 Å². The van der Waals surface area contributed by atoms with Gasteiger partial charge in [-0.05, 0) is 49.3 Å². The lowest BCUT2D eigenvalue weighted by atomic mass is 9.92. The number of nitrogens with zero attached hydrogens (tertiary/aromatic N) is 2. The molecule has 0 spiro atoms. The quantitative estimate of drug-likeness (QED) is 0.726. The molecule has 0 saturated carbocycles. The van der Waals surface area contributed by atoms with E-state index in [-0.39, 0.29) is 17.6 Å². The van der Waals surface area contributed by atoms with Crippen LogP contribution in [0.3, 0.4) is 0 Å². The molecule has 0 bridgehead atoms. The first kappa shape index (κ1) is 21.8. The Morgan fingerprint density at radius 1 is 1.17 bits per heavy atom. The van der Waals surface area contributed by atoms with E-state index >= 15 is 0 Å². The number of rotatable bonds is 6. The fourth-order valence-electron chi connectivity index (χ4n) is 3.71. The molecule has 1 aliphatic heterocycles. The molecule has 1 aliphatic rings. The van der Waals surface area contributed by atoms with E-state index in [1.807, 2.05) is 16.3 Å². The van der Waals surface area contributed by atoms with Crippen molar-refractivity contribution in [1.29, 1.82) is 0 Å². The number of piperidine rings is 1. The van der Waals surface area contributed by atoms with Crippen LogP contribution in [0.25, 0.3) is 11.3 Å². The smallest absolute Gasteiger partial charge is 0.236 e. The maximum Gasteiger partial charge on any atom is 0.236 e. The molecule has 1 fully saturated rings. The third kappa shape index (κ3) is 6.06. The molecule has 1 aromatic heterocycles.